The number of aliphatic hydroxyl groups excluding tert-OH is 1. The average molecular weight is 523 g/mol. The summed E-state index contributed by atoms with van der Waals surface area (Å²) in [6.07, 6.45) is 0.822. The smallest absolute Gasteiger partial charge is 0.301 e. The molecular weight excluding hydrogens is 502 g/mol. The molecule has 188 valence electrons. The summed E-state index contributed by atoms with van der Waals surface area (Å²) in [5.74, 6) is -3.91. The van der Waals surface area contributed by atoms with Gasteiger partial charge in [-0.05, 0) is 54.4 Å². The molecule has 1 atom stereocenters. The third-order valence-electron chi connectivity index (χ3n) is 5.88. The lowest BCUT2D eigenvalue weighted by Crippen LogP contribution is -2.29. The molecule has 0 radical (unpaired) electrons. The first kappa shape index (κ1) is 24.4. The van der Waals surface area contributed by atoms with Crippen LogP contribution in [0.5, 0.6) is 11.5 Å². The standard InChI is InChI=1S/C27H20F2N2O5S/c1-2-11-36-17-9-5-15(6-10-17)24(33)22-23(14-3-7-16(32)8-4-14)31(26(35)25(22)34)27-30-20-12-18(28)19(29)13-21(20)37-27/h3-10,12-13,23,32-33H,2,11H2,1H3/b24-22+. The van der Waals surface area contributed by atoms with Gasteiger partial charge in [-0.15, -0.1) is 0 Å². The van der Waals surface area contributed by atoms with Crippen molar-refractivity contribution >= 4 is 44.1 Å². The minimum Gasteiger partial charge on any atom is -0.508 e. The monoisotopic (exact) mass is 522 g/mol. The Morgan fingerprint density at radius 1 is 1.05 bits per heavy atom. The van der Waals surface area contributed by atoms with Gasteiger partial charge in [0.15, 0.2) is 16.8 Å². The van der Waals surface area contributed by atoms with Gasteiger partial charge in [-0.2, -0.15) is 0 Å². The number of rotatable bonds is 6. The molecular formula is C27H20F2N2O5S. The number of carbonyl (C=O) groups is 2. The van der Waals surface area contributed by atoms with Gasteiger partial charge in [0.25, 0.3) is 5.78 Å². The number of fused-ring (bicyclic) bond motifs is 1. The highest BCUT2D eigenvalue weighted by Crippen LogP contribution is 2.44. The summed E-state index contributed by atoms with van der Waals surface area (Å²) < 4.78 is 33.4. The van der Waals surface area contributed by atoms with Crippen molar-refractivity contribution in [1.29, 1.82) is 0 Å². The van der Waals surface area contributed by atoms with Crippen LogP contribution in [0.4, 0.5) is 13.9 Å². The number of halogens is 2. The van der Waals surface area contributed by atoms with E-state index in [9.17, 15) is 28.6 Å². The molecule has 10 heteroatoms. The molecule has 2 heterocycles. The molecule has 1 fully saturated rings. The van der Waals surface area contributed by atoms with Crippen molar-refractivity contribution in [3.05, 3.63) is 89.0 Å². The minimum absolute atomic E-state index is 0.0301. The number of aliphatic hydroxyl groups is 1. The number of amides is 1. The second-order valence-electron chi connectivity index (χ2n) is 8.36. The molecule has 0 aliphatic carbocycles. The summed E-state index contributed by atoms with van der Waals surface area (Å²) in [4.78, 5) is 31.9. The van der Waals surface area contributed by atoms with E-state index in [1.54, 1.807) is 24.3 Å². The minimum atomic E-state index is -1.10. The number of ketones is 1. The molecule has 0 bridgehead atoms. The van der Waals surface area contributed by atoms with Crippen molar-refractivity contribution in [2.24, 2.45) is 0 Å². The van der Waals surface area contributed by atoms with E-state index in [1.807, 2.05) is 6.92 Å². The Balaban J connectivity index is 1.65. The van der Waals surface area contributed by atoms with Gasteiger partial charge < -0.3 is 14.9 Å². The van der Waals surface area contributed by atoms with Crippen LogP contribution >= 0.6 is 11.3 Å². The molecule has 1 unspecified atom stereocenters. The Morgan fingerprint density at radius 2 is 1.73 bits per heavy atom. The summed E-state index contributed by atoms with van der Waals surface area (Å²) in [5, 5.41) is 21.0. The number of hydrogen-bond donors (Lipinski definition) is 2. The van der Waals surface area contributed by atoms with Crippen LogP contribution in [0.1, 0.15) is 30.5 Å². The first-order valence-electron chi connectivity index (χ1n) is 11.4. The van der Waals surface area contributed by atoms with Crippen molar-refractivity contribution in [2.45, 2.75) is 19.4 Å². The van der Waals surface area contributed by atoms with Gasteiger partial charge in [0.1, 0.15) is 17.3 Å². The maximum Gasteiger partial charge on any atom is 0.301 e. The zero-order valence-electron chi connectivity index (χ0n) is 19.4. The fraction of sp³-hybridized carbons (Fsp3) is 0.148. The highest BCUT2D eigenvalue weighted by Gasteiger charge is 2.48. The third kappa shape index (κ3) is 4.40. The fourth-order valence-corrected chi connectivity index (χ4v) is 5.10. The second kappa shape index (κ2) is 9.62. The maximum atomic E-state index is 13.8. The van der Waals surface area contributed by atoms with Gasteiger partial charge in [0.05, 0.1) is 28.4 Å². The van der Waals surface area contributed by atoms with Crippen molar-refractivity contribution in [2.75, 3.05) is 11.5 Å². The number of carbonyl (C=O) groups excluding carboxylic acids is 2. The lowest BCUT2D eigenvalue weighted by molar-refractivity contribution is -0.132. The summed E-state index contributed by atoms with van der Waals surface area (Å²) in [5.41, 5.74) is 0.639. The van der Waals surface area contributed by atoms with E-state index in [2.05, 4.69) is 4.98 Å². The number of phenols is 1. The number of aromatic nitrogens is 1. The fourth-order valence-electron chi connectivity index (χ4n) is 4.10. The van der Waals surface area contributed by atoms with Crippen molar-refractivity contribution in [3.8, 4) is 11.5 Å². The number of phenolic OH excluding ortho intramolecular Hbond substituents is 1. The normalized spacial score (nSPS) is 17.1. The quantitative estimate of drug-likeness (QED) is 0.192. The first-order chi connectivity index (χ1) is 17.8. The van der Waals surface area contributed by atoms with Crippen LogP contribution in [0.25, 0.3) is 16.0 Å². The van der Waals surface area contributed by atoms with E-state index in [1.165, 1.54) is 24.3 Å². The first-order valence-corrected chi connectivity index (χ1v) is 12.2. The van der Waals surface area contributed by atoms with Crippen molar-refractivity contribution < 1.29 is 33.3 Å². The summed E-state index contributed by atoms with van der Waals surface area (Å²) in [6, 6.07) is 13.0. The highest BCUT2D eigenvalue weighted by atomic mass is 32.1. The molecule has 0 spiro atoms. The van der Waals surface area contributed by atoms with Gasteiger partial charge in [-0.25, -0.2) is 13.8 Å². The molecule has 1 aromatic heterocycles. The van der Waals surface area contributed by atoms with Crippen LogP contribution in [-0.2, 0) is 9.59 Å². The highest BCUT2D eigenvalue weighted by molar-refractivity contribution is 7.22. The third-order valence-corrected chi connectivity index (χ3v) is 6.90. The number of thiazole rings is 1. The molecule has 1 amide bonds. The van der Waals surface area contributed by atoms with E-state index >= 15 is 0 Å². The van der Waals surface area contributed by atoms with Gasteiger partial charge >= 0.3 is 5.91 Å². The Labute approximate surface area is 213 Å². The molecule has 7 nitrogen and oxygen atoms in total. The molecule has 4 aromatic rings. The maximum absolute atomic E-state index is 13.8. The Hall–Kier alpha value is -4.31. The molecule has 5 rings (SSSR count). The van der Waals surface area contributed by atoms with E-state index in [-0.39, 0.29) is 26.7 Å². The number of hydrogen-bond acceptors (Lipinski definition) is 7. The average Bonchev–Trinajstić information content (AvgIpc) is 3.40. The number of ether oxygens (including phenoxy) is 1. The van der Waals surface area contributed by atoms with Crippen LogP contribution in [0, 0.1) is 11.6 Å². The Morgan fingerprint density at radius 3 is 2.41 bits per heavy atom. The number of anilines is 1. The Bertz CT molecular complexity index is 1510. The predicted octanol–water partition coefficient (Wildman–Crippen LogP) is 5.70. The number of nitrogens with zero attached hydrogens (tertiary/aromatic N) is 2. The van der Waals surface area contributed by atoms with E-state index < -0.39 is 35.1 Å². The number of aromatic hydroxyl groups is 1. The van der Waals surface area contributed by atoms with Gasteiger partial charge in [0.2, 0.25) is 0 Å². The lowest BCUT2D eigenvalue weighted by atomic mass is 9.95. The summed E-state index contributed by atoms with van der Waals surface area (Å²) in [6.45, 7) is 2.49. The molecule has 1 aliphatic rings. The van der Waals surface area contributed by atoms with Crippen molar-refractivity contribution in [3.63, 3.8) is 0 Å². The van der Waals surface area contributed by atoms with E-state index in [0.29, 0.717) is 23.5 Å². The lowest BCUT2D eigenvalue weighted by Gasteiger charge is -2.23. The van der Waals surface area contributed by atoms with E-state index in [0.717, 1.165) is 34.8 Å². The van der Waals surface area contributed by atoms with Crippen LogP contribution in [-0.4, -0.2) is 33.5 Å². The molecule has 37 heavy (non-hydrogen) atoms. The topological polar surface area (TPSA) is 100.0 Å². The largest absolute Gasteiger partial charge is 0.508 e. The molecule has 3 aromatic carbocycles. The summed E-state index contributed by atoms with van der Waals surface area (Å²) >= 11 is 0.909. The summed E-state index contributed by atoms with van der Waals surface area (Å²) in [7, 11) is 0. The van der Waals surface area contributed by atoms with Crippen molar-refractivity contribution in [1.82, 2.24) is 4.98 Å². The van der Waals surface area contributed by atoms with Gasteiger partial charge in [0, 0.05) is 11.6 Å². The zero-order chi connectivity index (χ0) is 26.3. The number of benzene rings is 3. The Kier molecular flexibility index (Phi) is 6.34. The molecule has 0 saturated carbocycles. The SMILES string of the molecule is CCCOc1ccc(/C(O)=C2\C(=O)C(=O)N(c3nc4cc(F)c(F)cc4s3)C2c2ccc(O)cc2)cc1. The van der Waals surface area contributed by atoms with Crippen LogP contribution in [0.15, 0.2) is 66.2 Å². The molecule has 1 aliphatic heterocycles. The van der Waals surface area contributed by atoms with Crippen LogP contribution in [0.3, 0.4) is 0 Å². The van der Waals surface area contributed by atoms with E-state index in [4.69, 9.17) is 4.74 Å². The van der Waals surface area contributed by atoms with Gasteiger partial charge in [-0.1, -0.05) is 30.4 Å². The number of Topliss-reactive ketones (excluding diaryl/α,β-unsaturated/α-hetero) is 1. The zero-order valence-corrected chi connectivity index (χ0v) is 20.3. The second-order valence-corrected chi connectivity index (χ2v) is 9.37. The van der Waals surface area contributed by atoms with Crippen LogP contribution < -0.4 is 9.64 Å². The predicted molar refractivity (Wildman–Crippen MR) is 135 cm³/mol. The van der Waals surface area contributed by atoms with Gasteiger partial charge in [-0.3, -0.25) is 14.5 Å². The molecule has 1 saturated heterocycles. The molecule has 2 N–H and O–H groups in total. The van der Waals surface area contributed by atoms with Crippen LogP contribution in [0.2, 0.25) is 0 Å².